The van der Waals surface area contributed by atoms with E-state index in [4.69, 9.17) is 5.41 Å². The molecule has 0 unspecified atom stereocenters. The van der Waals surface area contributed by atoms with E-state index in [-0.39, 0.29) is 38.7 Å². The van der Waals surface area contributed by atoms with Crippen molar-refractivity contribution < 1.29 is 32.7 Å². The van der Waals surface area contributed by atoms with Gasteiger partial charge in [-0.05, 0) is 7.05 Å². The minimum Gasteiger partial charge on any atom is -0.427 e. The Balaban J connectivity index is 0.000000640. The van der Waals surface area contributed by atoms with E-state index in [9.17, 15) is 0 Å². The summed E-state index contributed by atoms with van der Waals surface area (Å²) in [5.74, 6) is 0.170. The molecule has 9 heavy (non-hydrogen) atoms. The Bertz CT molecular complexity index is 94.7. The molecular weight excluding hydrogens is 193 g/mol. The summed E-state index contributed by atoms with van der Waals surface area (Å²) in [6.07, 6.45) is 0. The van der Waals surface area contributed by atoms with Crippen LogP contribution in [0.5, 0.6) is 0 Å². The molecule has 1 rings (SSSR count). The predicted octanol–water partition coefficient (Wildman–Crippen LogP) is -1.05. The number of nitrogens with zero attached hydrogens (tertiary/aromatic N) is 2. The molecule has 0 atom stereocenters. The molecule has 1 heterocycles. The maximum Gasteiger partial charge on any atom is 0.0231 e. The van der Waals surface area contributed by atoms with E-state index in [1.54, 1.807) is 0 Å². The van der Waals surface area contributed by atoms with Gasteiger partial charge in [0, 0.05) is 52.0 Å². The summed E-state index contributed by atoms with van der Waals surface area (Å²) in [5, 5.41) is 14.1. The third-order valence-electron chi connectivity index (χ3n) is 1.03. The topological polar surface area (TPSA) is 49.6 Å². The largest absolute Gasteiger partial charge is 0.427 e. The average molecular weight is 202 g/mol. The van der Waals surface area contributed by atoms with Gasteiger partial charge in [-0.15, -0.1) is 0 Å². The molecule has 0 aromatic carbocycles. The van der Waals surface area contributed by atoms with Crippen LogP contribution in [0.4, 0.5) is 0 Å². The number of guanidine groups is 1. The maximum absolute atomic E-state index is 8.69. The van der Waals surface area contributed by atoms with Crippen molar-refractivity contribution in [2.45, 2.75) is 0 Å². The molecule has 0 saturated carbocycles. The summed E-state index contributed by atoms with van der Waals surface area (Å²) >= 11 is 0. The van der Waals surface area contributed by atoms with Crippen LogP contribution in [0.1, 0.15) is 0 Å². The van der Waals surface area contributed by atoms with E-state index in [2.05, 4.69) is 10.6 Å². The van der Waals surface area contributed by atoms with Crippen molar-refractivity contribution in [1.29, 1.82) is 0 Å². The molecule has 1 saturated heterocycles. The van der Waals surface area contributed by atoms with Crippen molar-refractivity contribution >= 4 is 5.96 Å². The van der Waals surface area contributed by atoms with Crippen LogP contribution >= 0.6 is 0 Å². The summed E-state index contributed by atoms with van der Waals surface area (Å²) in [6, 6.07) is 0. The molecule has 0 bridgehead atoms. The van der Waals surface area contributed by atoms with Crippen LogP contribution in [0.25, 0.3) is 5.41 Å². The summed E-state index contributed by atoms with van der Waals surface area (Å²) in [5.41, 5.74) is 0. The molecular formula is C4H9N4Y-. The first-order chi connectivity index (χ1) is 3.79. The third-order valence-corrected chi connectivity index (χ3v) is 1.03. The zero-order valence-electron chi connectivity index (χ0n) is 5.39. The van der Waals surface area contributed by atoms with Crippen molar-refractivity contribution in [2.75, 3.05) is 20.4 Å². The Hall–Kier alpha value is 0.334. The number of hydrogen-bond donors (Lipinski definition) is 2. The van der Waals surface area contributed by atoms with Crippen LogP contribution in [0.2, 0.25) is 0 Å². The molecule has 5 heteroatoms. The van der Waals surface area contributed by atoms with Gasteiger partial charge in [-0.3, -0.25) is 4.90 Å². The second-order valence-electron chi connectivity index (χ2n) is 1.87. The molecule has 0 aliphatic carbocycles. The van der Waals surface area contributed by atoms with Crippen LogP contribution in [0.15, 0.2) is 0 Å². The van der Waals surface area contributed by atoms with Crippen molar-refractivity contribution in [3.8, 4) is 0 Å². The molecule has 1 aliphatic rings. The normalized spacial score (nSPS) is 19.4. The van der Waals surface area contributed by atoms with E-state index < -0.39 is 0 Å². The standard InChI is InChI=1S/C4H9N4.Y/c1-8-2-6-4(5)7-3-8;/h2-3H2,1H3,(H2-,5,6,7);/q-1;. The molecule has 0 amide bonds. The van der Waals surface area contributed by atoms with Gasteiger partial charge in [-0.2, -0.15) is 0 Å². The minimum absolute atomic E-state index is 0. The molecule has 0 spiro atoms. The van der Waals surface area contributed by atoms with E-state index in [1.807, 2.05) is 11.9 Å². The summed E-state index contributed by atoms with van der Waals surface area (Å²) < 4.78 is 0. The monoisotopic (exact) mass is 202 g/mol. The van der Waals surface area contributed by atoms with Gasteiger partial charge in [-0.1, -0.05) is 0 Å². The first kappa shape index (κ1) is 9.33. The number of nitrogens with one attached hydrogen (secondary N) is 2. The first-order valence-corrected chi connectivity index (χ1v) is 2.51. The van der Waals surface area contributed by atoms with E-state index >= 15 is 0 Å². The average Bonchev–Trinajstić information content (AvgIpc) is 1.77. The Kier molecular flexibility index (Phi) is 4.35. The van der Waals surface area contributed by atoms with E-state index in [1.165, 1.54) is 0 Å². The molecule has 0 aromatic rings. The fourth-order valence-corrected chi connectivity index (χ4v) is 0.538. The summed E-state index contributed by atoms with van der Waals surface area (Å²) in [4.78, 5) is 2.00. The number of rotatable bonds is 0. The van der Waals surface area contributed by atoms with Gasteiger partial charge in [0.15, 0.2) is 0 Å². The maximum atomic E-state index is 8.69. The van der Waals surface area contributed by atoms with Crippen LogP contribution in [-0.2, 0) is 32.7 Å². The third kappa shape index (κ3) is 3.13. The molecule has 1 aliphatic heterocycles. The molecule has 1 fully saturated rings. The van der Waals surface area contributed by atoms with Gasteiger partial charge in [0.1, 0.15) is 0 Å². The Morgan fingerprint density at radius 2 is 1.89 bits per heavy atom. The van der Waals surface area contributed by atoms with Gasteiger partial charge >= 0.3 is 0 Å². The Morgan fingerprint density at radius 1 is 1.44 bits per heavy atom. The second kappa shape index (κ2) is 4.20. The van der Waals surface area contributed by atoms with Crippen LogP contribution in [0, 0.1) is 0 Å². The van der Waals surface area contributed by atoms with Crippen LogP contribution < -0.4 is 10.6 Å². The first-order valence-electron chi connectivity index (χ1n) is 2.51. The second-order valence-corrected chi connectivity index (χ2v) is 1.87. The van der Waals surface area contributed by atoms with Gasteiger partial charge in [0.25, 0.3) is 0 Å². The minimum atomic E-state index is 0. The SMILES string of the molecule is CN1CNC(=[N-])NC1.[Y]. The number of hydrogen-bond acceptors (Lipinski definition) is 1. The Labute approximate surface area is 79.8 Å². The molecule has 4 nitrogen and oxygen atoms in total. The predicted molar refractivity (Wildman–Crippen MR) is 32.1 cm³/mol. The zero-order chi connectivity index (χ0) is 5.98. The van der Waals surface area contributed by atoms with Crippen LogP contribution in [-0.4, -0.2) is 31.2 Å². The molecule has 2 N–H and O–H groups in total. The molecule has 0 aromatic heterocycles. The van der Waals surface area contributed by atoms with Crippen molar-refractivity contribution in [3.05, 3.63) is 5.41 Å². The summed E-state index contributed by atoms with van der Waals surface area (Å²) in [6.45, 7) is 1.41. The molecule has 1 radical (unpaired) electrons. The van der Waals surface area contributed by atoms with Crippen molar-refractivity contribution in [1.82, 2.24) is 15.5 Å². The van der Waals surface area contributed by atoms with Gasteiger partial charge in [0.2, 0.25) is 0 Å². The summed E-state index contributed by atoms with van der Waals surface area (Å²) in [7, 11) is 1.95. The van der Waals surface area contributed by atoms with Gasteiger partial charge in [-0.25, -0.2) is 0 Å². The van der Waals surface area contributed by atoms with Crippen LogP contribution in [0.3, 0.4) is 0 Å². The fraction of sp³-hybridized carbons (Fsp3) is 0.750. The van der Waals surface area contributed by atoms with Gasteiger partial charge in [0.05, 0.1) is 0 Å². The van der Waals surface area contributed by atoms with Crippen molar-refractivity contribution in [2.24, 2.45) is 0 Å². The van der Waals surface area contributed by atoms with Gasteiger partial charge < -0.3 is 16.0 Å². The fourth-order valence-electron chi connectivity index (χ4n) is 0.538. The quantitative estimate of drug-likeness (QED) is 0.527. The van der Waals surface area contributed by atoms with Crippen molar-refractivity contribution in [3.63, 3.8) is 0 Å². The van der Waals surface area contributed by atoms with E-state index in [0.717, 1.165) is 0 Å². The molecule has 49 valence electrons. The van der Waals surface area contributed by atoms with E-state index in [0.29, 0.717) is 13.3 Å². The zero-order valence-corrected chi connectivity index (χ0v) is 8.22. The Morgan fingerprint density at radius 3 is 2.22 bits per heavy atom. The smallest absolute Gasteiger partial charge is 0.0231 e.